The number of hydrogen-bond acceptors (Lipinski definition) is 1. The van der Waals surface area contributed by atoms with Crippen LogP contribution in [0.4, 0.5) is 0 Å². The van der Waals surface area contributed by atoms with Gasteiger partial charge in [0.1, 0.15) is 11.2 Å². The molecule has 0 bridgehead atoms. The van der Waals surface area contributed by atoms with Crippen LogP contribution in [0.2, 0.25) is 0 Å². The first-order valence-electron chi connectivity index (χ1n) is 21.0. The molecule has 0 aliphatic rings. The molecular weight excluding hydrogens is 593 g/mol. The maximum Gasteiger partial charge on any atom is 0.143 e. The van der Waals surface area contributed by atoms with Gasteiger partial charge in [-0.2, -0.15) is 0 Å². The minimum Gasteiger partial charge on any atom is -0.455 e. The van der Waals surface area contributed by atoms with Crippen LogP contribution in [0, 0.1) is 0 Å². The molecule has 0 unspecified atom stereocenters. The van der Waals surface area contributed by atoms with Crippen LogP contribution in [0.15, 0.2) is 186 Å². The Hall–Kier alpha value is -6.44. The number of furan rings is 1. The van der Waals surface area contributed by atoms with Crippen LogP contribution in [-0.4, -0.2) is 0 Å². The van der Waals surface area contributed by atoms with Crippen LogP contribution in [0.1, 0.15) is 13.7 Å². The Labute approximate surface area is 298 Å². The molecule has 0 saturated heterocycles. The third kappa shape index (κ3) is 4.40. The Morgan fingerprint density at radius 3 is 1.82 bits per heavy atom. The quantitative estimate of drug-likeness (QED) is 0.176. The van der Waals surface area contributed by atoms with Crippen molar-refractivity contribution in [2.24, 2.45) is 0 Å². The number of benzene rings is 9. The Bertz CT molecular complexity index is 3370. The molecule has 1 nitrogen and oxygen atoms in total. The molecule has 9 aromatic carbocycles. The second-order valence-corrected chi connectivity index (χ2v) is 12.0. The van der Waals surface area contributed by atoms with E-state index in [-0.39, 0.29) is 56.8 Å². The average molecular weight is 633 g/mol. The van der Waals surface area contributed by atoms with Crippen molar-refractivity contribution < 1.29 is 18.1 Å². The van der Waals surface area contributed by atoms with Crippen molar-refractivity contribution in [1.82, 2.24) is 0 Å². The third-order valence-electron chi connectivity index (χ3n) is 9.32. The van der Waals surface area contributed by atoms with Crippen LogP contribution >= 0.6 is 0 Å². The number of para-hydroxylation sites is 1. The molecular formula is C48H30O. The number of hydrogen-bond donors (Lipinski definition) is 0. The lowest BCUT2D eigenvalue weighted by molar-refractivity contribution is 0.670. The highest BCUT2D eigenvalue weighted by Crippen LogP contribution is 2.47. The van der Waals surface area contributed by atoms with E-state index in [2.05, 4.69) is 54.6 Å². The van der Waals surface area contributed by atoms with Gasteiger partial charge in [0.15, 0.2) is 0 Å². The van der Waals surface area contributed by atoms with E-state index in [1.165, 1.54) is 6.07 Å². The van der Waals surface area contributed by atoms with Gasteiger partial charge in [-0.05, 0) is 83.8 Å². The first-order chi connectivity index (χ1) is 28.5. The van der Waals surface area contributed by atoms with Gasteiger partial charge in [-0.3, -0.25) is 0 Å². The Morgan fingerprint density at radius 1 is 0.388 bits per heavy atom. The standard InChI is InChI=1S/C48H30O/c1-2-13-31(14-3-1)33-27-28-45-44(30-33)42-25-12-26-43(48(42)49-45)47-40-22-8-6-20-38(40)46(39-21-7-9-23-41(39)47)35-18-10-17-34(29-35)37-24-11-16-32-15-4-5-19-36(32)37/h1-30H/i1D,2D,3D,12D,13D,14D,26D,27D,28D,30D. The van der Waals surface area contributed by atoms with Gasteiger partial charge in [0, 0.05) is 21.9 Å². The fourth-order valence-electron chi connectivity index (χ4n) is 7.20. The van der Waals surface area contributed by atoms with E-state index >= 15 is 0 Å². The maximum atomic E-state index is 9.41. The first kappa shape index (κ1) is 19.4. The molecule has 49 heavy (non-hydrogen) atoms. The second kappa shape index (κ2) is 11.1. The van der Waals surface area contributed by atoms with Gasteiger partial charge >= 0.3 is 0 Å². The lowest BCUT2D eigenvalue weighted by Gasteiger charge is -2.18. The summed E-state index contributed by atoms with van der Waals surface area (Å²) in [6.45, 7) is 0. The maximum absolute atomic E-state index is 9.41. The first-order valence-corrected chi connectivity index (χ1v) is 16.0. The van der Waals surface area contributed by atoms with Crippen molar-refractivity contribution in [3.8, 4) is 44.5 Å². The number of fused-ring (bicyclic) bond motifs is 6. The van der Waals surface area contributed by atoms with Crippen LogP contribution in [0.5, 0.6) is 0 Å². The lowest BCUT2D eigenvalue weighted by Crippen LogP contribution is -1.91. The highest BCUT2D eigenvalue weighted by molar-refractivity contribution is 6.24. The molecule has 1 heterocycles. The van der Waals surface area contributed by atoms with Crippen LogP contribution < -0.4 is 0 Å². The molecule has 0 atom stereocenters. The van der Waals surface area contributed by atoms with Crippen molar-refractivity contribution in [1.29, 1.82) is 0 Å². The van der Waals surface area contributed by atoms with E-state index in [0.717, 1.165) is 54.6 Å². The van der Waals surface area contributed by atoms with E-state index in [4.69, 9.17) is 15.4 Å². The molecule has 228 valence electrons. The average Bonchev–Trinajstić information content (AvgIpc) is 3.64. The Kier molecular flexibility index (Phi) is 4.39. The second-order valence-electron chi connectivity index (χ2n) is 12.0. The van der Waals surface area contributed by atoms with Crippen LogP contribution in [-0.2, 0) is 0 Å². The predicted octanol–water partition coefficient (Wildman–Crippen LogP) is 13.7. The van der Waals surface area contributed by atoms with Gasteiger partial charge < -0.3 is 4.42 Å². The molecule has 10 aromatic rings. The highest BCUT2D eigenvalue weighted by atomic mass is 16.3. The molecule has 0 aliphatic heterocycles. The molecule has 0 aliphatic carbocycles. The SMILES string of the molecule is [2H]c1cc2c(oc3c([2H])c([2H])c(-c4c([2H])c([2H])c([2H])c([2H])c4[2H])c([2H])c32)c(-c2c3ccccc3c(-c3cccc(-c4cccc5ccccc45)c3)c3ccccc23)c1[2H]. The van der Waals surface area contributed by atoms with Crippen molar-refractivity contribution in [2.45, 2.75) is 0 Å². The van der Waals surface area contributed by atoms with Gasteiger partial charge in [0.2, 0.25) is 0 Å². The predicted molar refractivity (Wildman–Crippen MR) is 208 cm³/mol. The van der Waals surface area contributed by atoms with E-state index in [0.29, 0.717) is 5.56 Å². The molecule has 1 heteroatoms. The largest absolute Gasteiger partial charge is 0.455 e. The molecule has 0 fully saturated rings. The summed E-state index contributed by atoms with van der Waals surface area (Å²) < 4.78 is 94.3. The zero-order chi connectivity index (χ0) is 41.0. The monoisotopic (exact) mass is 632 g/mol. The van der Waals surface area contributed by atoms with Gasteiger partial charge in [-0.1, -0.05) is 164 Å². The normalized spacial score (nSPS) is 14.5. The van der Waals surface area contributed by atoms with Crippen molar-refractivity contribution in [3.63, 3.8) is 0 Å². The minimum absolute atomic E-state index is 0.0491. The third-order valence-corrected chi connectivity index (χ3v) is 9.32. The van der Waals surface area contributed by atoms with Gasteiger partial charge in [-0.15, -0.1) is 0 Å². The fraction of sp³-hybridized carbons (Fsp3) is 0. The number of rotatable bonds is 4. The fourth-order valence-corrected chi connectivity index (χ4v) is 7.20. The van der Waals surface area contributed by atoms with Gasteiger partial charge in [-0.25, -0.2) is 0 Å². The Morgan fingerprint density at radius 2 is 1.04 bits per heavy atom. The summed E-state index contributed by atoms with van der Waals surface area (Å²) in [5, 5.41) is 5.96. The zero-order valence-corrected chi connectivity index (χ0v) is 26.0. The smallest absolute Gasteiger partial charge is 0.143 e. The zero-order valence-electron chi connectivity index (χ0n) is 36.0. The molecule has 0 radical (unpaired) electrons. The molecule has 0 N–H and O–H groups in total. The summed E-state index contributed by atoms with van der Waals surface area (Å²) in [4.78, 5) is 0. The molecule has 0 saturated carbocycles. The summed E-state index contributed by atoms with van der Waals surface area (Å²) in [5.74, 6) is 0. The van der Waals surface area contributed by atoms with Crippen molar-refractivity contribution >= 4 is 54.3 Å². The summed E-state index contributed by atoms with van der Waals surface area (Å²) in [5.41, 5.74) is 4.39. The van der Waals surface area contributed by atoms with Gasteiger partial charge in [0.05, 0.1) is 13.7 Å². The molecule has 0 amide bonds. The van der Waals surface area contributed by atoms with Gasteiger partial charge in [0.25, 0.3) is 0 Å². The topological polar surface area (TPSA) is 13.1 Å². The van der Waals surface area contributed by atoms with Crippen molar-refractivity contribution in [3.05, 3.63) is 182 Å². The molecule has 1 aromatic heterocycles. The van der Waals surface area contributed by atoms with E-state index in [1.807, 2.05) is 60.7 Å². The Balaban J connectivity index is 1.28. The van der Waals surface area contributed by atoms with E-state index in [9.17, 15) is 2.74 Å². The molecule has 10 rings (SSSR count). The van der Waals surface area contributed by atoms with E-state index in [1.54, 1.807) is 0 Å². The summed E-state index contributed by atoms with van der Waals surface area (Å²) >= 11 is 0. The van der Waals surface area contributed by atoms with Crippen LogP contribution in [0.25, 0.3) is 98.8 Å². The summed E-state index contributed by atoms with van der Waals surface area (Å²) in [6, 6.07) is 35.6. The molecule has 0 spiro atoms. The summed E-state index contributed by atoms with van der Waals surface area (Å²) in [7, 11) is 0. The summed E-state index contributed by atoms with van der Waals surface area (Å²) in [6.07, 6.45) is 0. The van der Waals surface area contributed by atoms with E-state index < -0.39 is 42.3 Å². The van der Waals surface area contributed by atoms with Crippen molar-refractivity contribution in [2.75, 3.05) is 0 Å². The highest BCUT2D eigenvalue weighted by Gasteiger charge is 2.20. The van der Waals surface area contributed by atoms with Crippen LogP contribution in [0.3, 0.4) is 0 Å². The lowest BCUT2D eigenvalue weighted by atomic mass is 9.85. The minimum atomic E-state index is -0.624.